The zero-order valence-corrected chi connectivity index (χ0v) is 12.8. The van der Waals surface area contributed by atoms with E-state index in [2.05, 4.69) is 6.92 Å². The molecule has 0 bridgehead atoms. The number of carbonyl (C=O) groups excluding carboxylic acids is 2. The molecule has 4 nitrogen and oxygen atoms in total. The molecule has 0 fully saturated rings. The highest BCUT2D eigenvalue weighted by Crippen LogP contribution is 2.19. The summed E-state index contributed by atoms with van der Waals surface area (Å²) in [7, 11) is 0. The van der Waals surface area contributed by atoms with Crippen molar-refractivity contribution in [1.82, 2.24) is 0 Å². The van der Waals surface area contributed by atoms with E-state index in [9.17, 15) is 9.59 Å². The van der Waals surface area contributed by atoms with Crippen molar-refractivity contribution in [2.75, 3.05) is 6.54 Å². The summed E-state index contributed by atoms with van der Waals surface area (Å²) in [6.45, 7) is 2.09. The summed E-state index contributed by atoms with van der Waals surface area (Å²) >= 11 is 0. The van der Waals surface area contributed by atoms with Gasteiger partial charge in [0.05, 0.1) is 12.1 Å². The van der Waals surface area contributed by atoms with Gasteiger partial charge >= 0.3 is 5.97 Å². The monoisotopic (exact) mass is 291 g/mol. The Morgan fingerprint density at radius 2 is 1.71 bits per heavy atom. The second-order valence-electron chi connectivity index (χ2n) is 5.12. The van der Waals surface area contributed by atoms with Crippen molar-refractivity contribution in [3.8, 4) is 5.75 Å². The molecule has 0 heterocycles. The standard InChI is InChI=1S/C17H25NO3/c1-2-3-4-5-6-7-12-17(20)21-16-11-9-8-10-14(16)15(19)13-18/h8-11H,2-7,12-13,18H2,1H3. The van der Waals surface area contributed by atoms with Gasteiger partial charge in [-0.1, -0.05) is 51.2 Å². The minimum Gasteiger partial charge on any atom is -0.426 e. The largest absolute Gasteiger partial charge is 0.426 e. The molecular weight excluding hydrogens is 266 g/mol. The van der Waals surface area contributed by atoms with Crippen LogP contribution >= 0.6 is 0 Å². The fourth-order valence-corrected chi connectivity index (χ4v) is 2.12. The molecule has 116 valence electrons. The van der Waals surface area contributed by atoms with Gasteiger partial charge in [-0.2, -0.15) is 0 Å². The number of ketones is 1. The number of unbranched alkanes of at least 4 members (excludes halogenated alkanes) is 5. The van der Waals surface area contributed by atoms with Crippen molar-refractivity contribution < 1.29 is 14.3 Å². The van der Waals surface area contributed by atoms with Crippen LogP contribution in [-0.2, 0) is 4.79 Å². The summed E-state index contributed by atoms with van der Waals surface area (Å²) in [5.41, 5.74) is 5.72. The van der Waals surface area contributed by atoms with E-state index in [1.54, 1.807) is 24.3 Å². The number of hydrogen-bond acceptors (Lipinski definition) is 4. The molecule has 0 unspecified atom stereocenters. The summed E-state index contributed by atoms with van der Waals surface area (Å²) < 4.78 is 5.28. The average molecular weight is 291 g/mol. The van der Waals surface area contributed by atoms with Gasteiger partial charge in [0.15, 0.2) is 5.78 Å². The molecule has 0 saturated heterocycles. The predicted octanol–water partition coefficient (Wildman–Crippen LogP) is 3.48. The maximum absolute atomic E-state index is 11.8. The molecule has 0 aliphatic rings. The minimum atomic E-state index is -0.289. The highest BCUT2D eigenvalue weighted by molar-refractivity contribution is 6.00. The molecule has 1 aromatic rings. The first-order valence-corrected chi connectivity index (χ1v) is 7.72. The summed E-state index contributed by atoms with van der Waals surface area (Å²) in [6.07, 6.45) is 7.10. The minimum absolute atomic E-state index is 0.0913. The predicted molar refractivity (Wildman–Crippen MR) is 83.5 cm³/mol. The van der Waals surface area contributed by atoms with Crippen LogP contribution in [-0.4, -0.2) is 18.3 Å². The number of hydrogen-bond donors (Lipinski definition) is 1. The Morgan fingerprint density at radius 3 is 2.43 bits per heavy atom. The van der Waals surface area contributed by atoms with E-state index in [1.807, 2.05) is 0 Å². The van der Waals surface area contributed by atoms with Crippen LogP contribution < -0.4 is 10.5 Å². The van der Waals surface area contributed by atoms with E-state index in [-0.39, 0.29) is 18.3 Å². The Morgan fingerprint density at radius 1 is 1.05 bits per heavy atom. The van der Waals surface area contributed by atoms with E-state index in [0.717, 1.165) is 19.3 Å². The van der Waals surface area contributed by atoms with Crippen LogP contribution in [0.4, 0.5) is 0 Å². The number of benzene rings is 1. The SMILES string of the molecule is CCCCCCCCC(=O)Oc1ccccc1C(=O)CN. The van der Waals surface area contributed by atoms with Gasteiger partial charge in [-0.15, -0.1) is 0 Å². The van der Waals surface area contributed by atoms with Crippen molar-refractivity contribution >= 4 is 11.8 Å². The summed E-state index contributed by atoms with van der Waals surface area (Å²) in [4.78, 5) is 23.5. The van der Waals surface area contributed by atoms with Crippen molar-refractivity contribution in [3.05, 3.63) is 29.8 Å². The molecule has 1 rings (SSSR count). The van der Waals surface area contributed by atoms with E-state index < -0.39 is 0 Å². The lowest BCUT2D eigenvalue weighted by atomic mass is 10.1. The lowest BCUT2D eigenvalue weighted by Gasteiger charge is -2.08. The molecular formula is C17H25NO3. The third kappa shape index (κ3) is 6.54. The number of nitrogens with two attached hydrogens (primary N) is 1. The van der Waals surface area contributed by atoms with Gasteiger partial charge in [-0.3, -0.25) is 9.59 Å². The third-order valence-corrected chi connectivity index (χ3v) is 3.33. The van der Waals surface area contributed by atoms with Crippen molar-refractivity contribution in [3.63, 3.8) is 0 Å². The van der Waals surface area contributed by atoms with Gasteiger partial charge in [0, 0.05) is 6.42 Å². The molecule has 0 atom stereocenters. The number of carbonyl (C=O) groups is 2. The van der Waals surface area contributed by atoms with Crippen LogP contribution in [0.15, 0.2) is 24.3 Å². The first-order valence-electron chi connectivity index (χ1n) is 7.72. The number of para-hydroxylation sites is 1. The zero-order valence-electron chi connectivity index (χ0n) is 12.8. The number of Topliss-reactive ketones (excluding diaryl/α,β-unsaturated/α-hetero) is 1. The Labute approximate surface area is 126 Å². The van der Waals surface area contributed by atoms with E-state index in [0.29, 0.717) is 17.7 Å². The Hall–Kier alpha value is -1.68. The lowest BCUT2D eigenvalue weighted by molar-refractivity contribution is -0.134. The molecule has 0 radical (unpaired) electrons. The van der Waals surface area contributed by atoms with Gasteiger partial charge in [0.2, 0.25) is 0 Å². The normalized spacial score (nSPS) is 10.4. The number of esters is 1. The van der Waals surface area contributed by atoms with Crippen LogP contribution in [0, 0.1) is 0 Å². The van der Waals surface area contributed by atoms with E-state index in [1.165, 1.54) is 19.3 Å². The van der Waals surface area contributed by atoms with Gasteiger partial charge in [0.25, 0.3) is 0 Å². The molecule has 0 aliphatic heterocycles. The van der Waals surface area contributed by atoms with Gasteiger partial charge in [-0.05, 0) is 18.6 Å². The smallest absolute Gasteiger partial charge is 0.311 e. The topological polar surface area (TPSA) is 69.4 Å². The van der Waals surface area contributed by atoms with Gasteiger partial charge in [-0.25, -0.2) is 0 Å². The number of ether oxygens (including phenoxy) is 1. The van der Waals surface area contributed by atoms with Crippen molar-refractivity contribution in [2.24, 2.45) is 5.73 Å². The van der Waals surface area contributed by atoms with E-state index in [4.69, 9.17) is 10.5 Å². The quantitative estimate of drug-likeness (QED) is 0.310. The Kier molecular flexibility index (Phi) is 8.36. The molecule has 21 heavy (non-hydrogen) atoms. The van der Waals surface area contributed by atoms with Crippen molar-refractivity contribution in [1.29, 1.82) is 0 Å². The Balaban J connectivity index is 2.39. The summed E-state index contributed by atoms with van der Waals surface area (Å²) in [5.74, 6) is -0.204. The lowest BCUT2D eigenvalue weighted by Crippen LogP contribution is -2.16. The third-order valence-electron chi connectivity index (χ3n) is 3.33. The van der Waals surface area contributed by atoms with Crippen molar-refractivity contribution in [2.45, 2.75) is 51.9 Å². The molecule has 4 heteroatoms. The molecule has 0 saturated carbocycles. The van der Waals surface area contributed by atoms with Gasteiger partial charge < -0.3 is 10.5 Å². The maximum atomic E-state index is 11.8. The zero-order chi connectivity index (χ0) is 15.5. The highest BCUT2D eigenvalue weighted by Gasteiger charge is 2.13. The second kappa shape index (κ2) is 10.1. The number of rotatable bonds is 10. The first-order chi connectivity index (χ1) is 10.2. The molecule has 0 aromatic heterocycles. The van der Waals surface area contributed by atoms with Crippen LogP contribution in [0.5, 0.6) is 5.75 Å². The van der Waals surface area contributed by atoms with Gasteiger partial charge in [0.1, 0.15) is 5.75 Å². The highest BCUT2D eigenvalue weighted by atomic mass is 16.5. The van der Waals surface area contributed by atoms with Crippen LogP contribution in [0.25, 0.3) is 0 Å². The second-order valence-corrected chi connectivity index (χ2v) is 5.12. The maximum Gasteiger partial charge on any atom is 0.311 e. The fraction of sp³-hybridized carbons (Fsp3) is 0.529. The summed E-state index contributed by atoms with van der Waals surface area (Å²) in [5, 5.41) is 0. The van der Waals surface area contributed by atoms with E-state index >= 15 is 0 Å². The molecule has 0 aliphatic carbocycles. The summed E-state index contributed by atoms with van der Waals surface area (Å²) in [6, 6.07) is 6.72. The molecule has 0 spiro atoms. The van der Waals surface area contributed by atoms with Crippen LogP contribution in [0.1, 0.15) is 62.2 Å². The van der Waals surface area contributed by atoms with Crippen LogP contribution in [0.2, 0.25) is 0 Å². The average Bonchev–Trinajstić information content (AvgIpc) is 2.50. The first kappa shape index (κ1) is 17.4. The molecule has 2 N–H and O–H groups in total. The Bertz CT molecular complexity index is 457. The van der Waals surface area contributed by atoms with Crippen LogP contribution in [0.3, 0.4) is 0 Å². The molecule has 0 amide bonds. The molecule has 1 aromatic carbocycles. The fourth-order valence-electron chi connectivity index (χ4n) is 2.12.